The lowest BCUT2D eigenvalue weighted by molar-refractivity contribution is -0.141. The Morgan fingerprint density at radius 1 is 0.900 bits per heavy atom. The summed E-state index contributed by atoms with van der Waals surface area (Å²) in [7, 11) is 1.37. The number of ether oxygens (including phenoxy) is 2. The lowest BCUT2D eigenvalue weighted by Gasteiger charge is -2.33. The molecule has 2 heterocycles. The van der Waals surface area contributed by atoms with Gasteiger partial charge in [-0.1, -0.05) is 51.1 Å². The number of hydrogen-bond acceptors (Lipinski definition) is 14. The number of carbonyl (C=O) groups is 6. The second-order valence-electron chi connectivity index (χ2n) is 17.8. The minimum absolute atomic E-state index is 0.0388. The van der Waals surface area contributed by atoms with Crippen LogP contribution in [0.25, 0.3) is 22.5 Å². The van der Waals surface area contributed by atoms with Crippen LogP contribution in [0.1, 0.15) is 78.6 Å². The number of nitriles is 1. The van der Waals surface area contributed by atoms with Crippen LogP contribution >= 0.6 is 0 Å². The largest absolute Gasteiger partial charge is 0.492 e. The minimum Gasteiger partial charge on any atom is -0.492 e. The number of urea groups is 1. The van der Waals surface area contributed by atoms with Gasteiger partial charge in [-0.15, -0.1) is 0 Å². The summed E-state index contributed by atoms with van der Waals surface area (Å²) in [5.74, 6) is -2.95. The Labute approximate surface area is 406 Å². The number of primary amides is 1. The summed E-state index contributed by atoms with van der Waals surface area (Å²) in [6.45, 7) is 10.8. The zero-order valence-corrected chi connectivity index (χ0v) is 40.5. The van der Waals surface area contributed by atoms with Gasteiger partial charge in [0.15, 0.2) is 11.6 Å². The molecular formula is C49H63N13O8. The fraction of sp³-hybridized carbons (Fsp3) is 0.408. The molecule has 1 aromatic heterocycles. The van der Waals surface area contributed by atoms with Crippen LogP contribution < -0.4 is 59.0 Å². The van der Waals surface area contributed by atoms with Gasteiger partial charge < -0.3 is 63.9 Å². The van der Waals surface area contributed by atoms with Crippen LogP contribution in [0, 0.1) is 25.2 Å². The zero-order chi connectivity index (χ0) is 51.4. The molecule has 21 nitrogen and oxygen atoms in total. The van der Waals surface area contributed by atoms with E-state index >= 15 is 0 Å². The molecule has 4 atom stereocenters. The maximum atomic E-state index is 14.8. The number of anilines is 1. The number of fused-ring (bicyclic) bond motifs is 5. The lowest BCUT2D eigenvalue weighted by atomic mass is 9.86. The second-order valence-corrected chi connectivity index (χ2v) is 17.8. The number of carbonyl (C=O) groups excluding carboxylic acids is 6. The van der Waals surface area contributed by atoms with E-state index in [1.165, 1.54) is 20.0 Å². The van der Waals surface area contributed by atoms with Crippen molar-refractivity contribution in [3.05, 3.63) is 88.2 Å². The van der Waals surface area contributed by atoms with Crippen LogP contribution in [0.2, 0.25) is 0 Å². The molecule has 4 aromatic rings. The van der Waals surface area contributed by atoms with Gasteiger partial charge in [-0.25, -0.2) is 14.8 Å². The van der Waals surface area contributed by atoms with Crippen LogP contribution in [0.15, 0.2) is 54.6 Å². The smallest absolute Gasteiger partial charge is 0.316 e. The third-order valence-electron chi connectivity index (χ3n) is 11.5. The summed E-state index contributed by atoms with van der Waals surface area (Å²) >= 11 is 0. The maximum absolute atomic E-state index is 14.8. The van der Waals surface area contributed by atoms with E-state index in [4.69, 9.17) is 32.4 Å². The molecule has 0 saturated carbocycles. The monoisotopic (exact) mass is 961 g/mol. The highest BCUT2D eigenvalue weighted by atomic mass is 16.5. The van der Waals surface area contributed by atoms with E-state index in [0.717, 1.165) is 16.0 Å². The first kappa shape index (κ1) is 53.3. The maximum Gasteiger partial charge on any atom is 0.316 e. The highest BCUT2D eigenvalue weighted by Gasteiger charge is 2.37. The highest BCUT2D eigenvalue weighted by molar-refractivity contribution is 6.01. The quantitative estimate of drug-likeness (QED) is 0.0723. The topological polar surface area (TPSA) is 338 Å². The van der Waals surface area contributed by atoms with Gasteiger partial charge in [0.2, 0.25) is 23.6 Å². The molecule has 3 aromatic carbocycles. The molecule has 0 radical (unpaired) electrons. The molecular weight excluding hydrogens is 899 g/mol. The summed E-state index contributed by atoms with van der Waals surface area (Å²) in [6.07, 6.45) is -0.231. The number of aromatic nitrogens is 2. The Morgan fingerprint density at radius 2 is 1.56 bits per heavy atom. The molecule has 4 bridgehead atoms. The first-order valence-corrected chi connectivity index (χ1v) is 22.7. The van der Waals surface area contributed by atoms with Crippen molar-refractivity contribution in [1.82, 2.24) is 36.1 Å². The molecule has 0 fully saturated rings. The molecule has 5 rings (SSSR count). The molecule has 372 valence electrons. The first-order valence-electron chi connectivity index (χ1n) is 22.7. The number of nitrogens with one attached hydrogen (secondary N) is 5. The van der Waals surface area contributed by atoms with Gasteiger partial charge in [-0.3, -0.25) is 24.0 Å². The summed E-state index contributed by atoms with van der Waals surface area (Å²) in [6, 6.07) is 11.2. The predicted molar refractivity (Wildman–Crippen MR) is 262 cm³/mol. The number of aryl methyl sites for hydroxylation is 2. The third kappa shape index (κ3) is 12.9. The van der Waals surface area contributed by atoms with E-state index in [1.54, 1.807) is 38.1 Å². The fourth-order valence-corrected chi connectivity index (χ4v) is 7.99. The van der Waals surface area contributed by atoms with Gasteiger partial charge in [-0.2, -0.15) is 5.26 Å². The minimum atomic E-state index is -1.50. The van der Waals surface area contributed by atoms with Crippen molar-refractivity contribution in [2.45, 2.75) is 84.0 Å². The molecule has 0 spiro atoms. The summed E-state index contributed by atoms with van der Waals surface area (Å²) in [5, 5.41) is 22.4. The van der Waals surface area contributed by atoms with Gasteiger partial charge in [0.25, 0.3) is 5.91 Å². The Kier molecular flexibility index (Phi) is 17.9. The van der Waals surface area contributed by atoms with Crippen molar-refractivity contribution in [2.24, 2.45) is 22.9 Å². The number of hydrogen-bond donors (Lipinski definition) is 9. The molecule has 0 saturated heterocycles. The van der Waals surface area contributed by atoms with Gasteiger partial charge in [-0.05, 0) is 80.1 Å². The Bertz CT molecular complexity index is 2620. The highest BCUT2D eigenvalue weighted by Crippen LogP contribution is 2.44. The number of likely N-dealkylation sites (N-methyl/N-ethyl adjacent to an activating group) is 1. The van der Waals surface area contributed by atoms with E-state index in [1.807, 2.05) is 30.3 Å². The molecule has 0 aliphatic carbocycles. The van der Waals surface area contributed by atoms with Crippen molar-refractivity contribution in [3.8, 4) is 40.1 Å². The average Bonchev–Trinajstić information content (AvgIpc) is 3.30. The van der Waals surface area contributed by atoms with Crippen LogP contribution in [0.4, 0.5) is 10.5 Å². The van der Waals surface area contributed by atoms with Crippen LogP contribution in [0.3, 0.4) is 0 Å². The van der Waals surface area contributed by atoms with Crippen LogP contribution in [-0.2, 0) is 31.0 Å². The summed E-state index contributed by atoms with van der Waals surface area (Å²) in [5.41, 5.74) is 27.3. The molecule has 7 amide bonds. The van der Waals surface area contributed by atoms with E-state index in [2.05, 4.69) is 57.3 Å². The van der Waals surface area contributed by atoms with E-state index < -0.39 is 59.7 Å². The molecule has 1 aliphatic rings. The third-order valence-corrected chi connectivity index (χ3v) is 11.5. The number of rotatable bonds is 16. The van der Waals surface area contributed by atoms with Crippen molar-refractivity contribution in [2.75, 3.05) is 51.8 Å². The van der Waals surface area contributed by atoms with Crippen molar-refractivity contribution >= 4 is 41.3 Å². The van der Waals surface area contributed by atoms with E-state index in [-0.39, 0.29) is 97.1 Å². The first-order chi connectivity index (χ1) is 33.2. The average molecular weight is 962 g/mol. The molecule has 0 unspecified atom stereocenters. The number of nitrogens with two attached hydrogens (primary N) is 4. The van der Waals surface area contributed by atoms with Gasteiger partial charge in [0, 0.05) is 43.2 Å². The van der Waals surface area contributed by atoms with Gasteiger partial charge in [0.05, 0.1) is 28.7 Å². The predicted octanol–water partition coefficient (Wildman–Crippen LogP) is 1.72. The number of amides is 7. The van der Waals surface area contributed by atoms with Gasteiger partial charge in [0.1, 0.15) is 49.7 Å². The van der Waals surface area contributed by atoms with Gasteiger partial charge >= 0.3 is 6.03 Å². The Morgan fingerprint density at radius 3 is 2.16 bits per heavy atom. The second kappa shape index (κ2) is 23.6. The summed E-state index contributed by atoms with van der Waals surface area (Å²) < 4.78 is 12.3. The van der Waals surface area contributed by atoms with E-state index in [0.29, 0.717) is 22.8 Å². The molecule has 1 aliphatic heterocycles. The summed E-state index contributed by atoms with van der Waals surface area (Å²) in [4.78, 5) is 94.0. The Balaban J connectivity index is 1.64. The van der Waals surface area contributed by atoms with E-state index in [9.17, 15) is 34.0 Å². The molecule has 70 heavy (non-hydrogen) atoms. The number of nitrogens with zero attached hydrogens (tertiary/aromatic N) is 4. The van der Waals surface area contributed by atoms with Crippen molar-refractivity contribution in [3.63, 3.8) is 0 Å². The van der Waals surface area contributed by atoms with Crippen LogP contribution in [0.5, 0.6) is 11.5 Å². The Hall–Kier alpha value is -7.67. The standard InChI is InChI=1S/C49H63N13O8/c1-26-39(27(2)57-42(56-26)30-8-11-32(12-9-30)49(4,5)6)45(65)59-35(14-15-50)47(67)62(7)40-31-10-13-38(69-20-17-52)33(25-31)34-22-29(23-36(61-48(54)68)41(34)70-21-18-53)24-37(44(64)55-19-16-51)60-43(63)28(3)58-46(40)66/h8-13,22-23,25,28,35,37,40H,14-15,17-21,24,50,52-53H2,1-7H3,(H,55,64)(H,58,66)(H,59,65)(H,60,63)(H3,54,61,68)/t28-,35-,37-,40-/m0/s1. The molecule has 13 N–H and O–H groups in total. The normalized spacial score (nSPS) is 16.3. The number of benzene rings is 3. The lowest BCUT2D eigenvalue weighted by Crippen LogP contribution is -2.56. The zero-order valence-electron chi connectivity index (χ0n) is 40.5. The van der Waals surface area contributed by atoms with Crippen LogP contribution in [-0.4, -0.2) is 115 Å². The van der Waals surface area contributed by atoms with Crippen molar-refractivity contribution in [1.29, 1.82) is 5.26 Å². The molecule has 21 heteroatoms. The SMILES string of the molecule is Cc1nc(-c2ccc(C(C)(C)C)cc2)nc(C)c1C(=O)N[C@@H](CCN)C(=O)N(C)[C@@H]1C(=O)N[C@@H](C)C(=O)N[C@H](C(=O)NCC#N)Cc2cc(NC(N)=O)c(OCCN)c(c2)-c2cc1ccc2OCCN. The van der Waals surface area contributed by atoms with Crippen molar-refractivity contribution < 1.29 is 38.2 Å². The fourth-order valence-electron chi connectivity index (χ4n) is 7.99.